The maximum atomic E-state index is 13.1. The Bertz CT molecular complexity index is 1180. The largest absolute Gasteiger partial charge is 0.497 e. The molecule has 1 saturated carbocycles. The van der Waals surface area contributed by atoms with Gasteiger partial charge in [-0.1, -0.05) is 37.5 Å². The Morgan fingerprint density at radius 3 is 2.39 bits per heavy atom. The fraction of sp³-hybridized carbons (Fsp3) is 0.452. The molecule has 4 rings (SSSR count). The van der Waals surface area contributed by atoms with E-state index in [0.29, 0.717) is 42.8 Å². The van der Waals surface area contributed by atoms with Crippen LogP contribution in [0.25, 0.3) is 0 Å². The standard InChI is InChI=1S/C31H40N2O5/c1-32(18-17-23-13-15-28(36-3)30(20-23)37-4)31(34)29-16-14-27(38-29)22-33(25-10-6-5-7-11-25)21-24-9-8-12-26(19-24)35-2/h8-9,12-16,19-20,25H,5-7,10-11,17-18,21-22H2,1-4H3. The van der Waals surface area contributed by atoms with Gasteiger partial charge in [-0.25, -0.2) is 0 Å². The van der Waals surface area contributed by atoms with Crippen molar-refractivity contribution in [1.29, 1.82) is 0 Å². The summed E-state index contributed by atoms with van der Waals surface area (Å²) in [4.78, 5) is 17.3. The van der Waals surface area contributed by atoms with Crippen molar-refractivity contribution >= 4 is 5.91 Å². The molecule has 0 spiro atoms. The number of ether oxygens (including phenoxy) is 3. The lowest BCUT2D eigenvalue weighted by atomic mass is 9.93. The van der Waals surface area contributed by atoms with Crippen LogP contribution in [0.3, 0.4) is 0 Å². The molecule has 1 aromatic heterocycles. The normalized spacial score (nSPS) is 13.9. The van der Waals surface area contributed by atoms with Crippen molar-refractivity contribution in [2.24, 2.45) is 0 Å². The Morgan fingerprint density at radius 1 is 0.868 bits per heavy atom. The quantitative estimate of drug-likeness (QED) is 0.294. The number of hydrogen-bond acceptors (Lipinski definition) is 6. The van der Waals surface area contributed by atoms with Crippen LogP contribution in [0.2, 0.25) is 0 Å². The first kappa shape index (κ1) is 27.6. The van der Waals surface area contributed by atoms with Gasteiger partial charge in [0.1, 0.15) is 11.5 Å². The average Bonchev–Trinajstić information content (AvgIpc) is 3.44. The number of carbonyl (C=O) groups excluding carboxylic acids is 1. The van der Waals surface area contributed by atoms with Gasteiger partial charge in [0.15, 0.2) is 17.3 Å². The monoisotopic (exact) mass is 520 g/mol. The zero-order chi connectivity index (χ0) is 26.9. The molecule has 0 aliphatic heterocycles. The number of hydrogen-bond donors (Lipinski definition) is 0. The summed E-state index contributed by atoms with van der Waals surface area (Å²) in [5.74, 6) is 3.32. The first-order valence-electron chi connectivity index (χ1n) is 13.4. The van der Waals surface area contributed by atoms with Gasteiger partial charge in [-0.05, 0) is 66.8 Å². The molecule has 1 fully saturated rings. The summed E-state index contributed by atoms with van der Waals surface area (Å²) in [5.41, 5.74) is 2.29. The molecular weight excluding hydrogens is 480 g/mol. The molecule has 0 N–H and O–H groups in total. The number of furan rings is 1. The molecule has 7 heteroatoms. The molecule has 38 heavy (non-hydrogen) atoms. The molecule has 0 saturated heterocycles. The van der Waals surface area contributed by atoms with E-state index in [-0.39, 0.29) is 5.91 Å². The molecule has 7 nitrogen and oxygen atoms in total. The van der Waals surface area contributed by atoms with Gasteiger partial charge < -0.3 is 23.5 Å². The predicted molar refractivity (Wildman–Crippen MR) is 148 cm³/mol. The molecular formula is C31H40N2O5. The van der Waals surface area contributed by atoms with Crippen LogP contribution >= 0.6 is 0 Å². The molecule has 0 atom stereocenters. The van der Waals surface area contributed by atoms with Crippen molar-refractivity contribution in [3.63, 3.8) is 0 Å². The first-order valence-corrected chi connectivity index (χ1v) is 13.4. The van der Waals surface area contributed by atoms with Crippen LogP contribution in [0.4, 0.5) is 0 Å². The zero-order valence-electron chi connectivity index (χ0n) is 23.1. The van der Waals surface area contributed by atoms with E-state index >= 15 is 0 Å². The Kier molecular flexibility index (Phi) is 9.71. The lowest BCUT2D eigenvalue weighted by Crippen LogP contribution is -2.35. The van der Waals surface area contributed by atoms with E-state index in [2.05, 4.69) is 17.0 Å². The molecule has 204 valence electrons. The van der Waals surface area contributed by atoms with Crippen LogP contribution < -0.4 is 14.2 Å². The van der Waals surface area contributed by atoms with Gasteiger partial charge in [0.25, 0.3) is 5.91 Å². The number of nitrogens with zero attached hydrogens (tertiary/aromatic N) is 2. The highest BCUT2D eigenvalue weighted by Gasteiger charge is 2.24. The van der Waals surface area contributed by atoms with Gasteiger partial charge in [-0.3, -0.25) is 9.69 Å². The highest BCUT2D eigenvalue weighted by atomic mass is 16.5. The van der Waals surface area contributed by atoms with Crippen molar-refractivity contribution < 1.29 is 23.4 Å². The summed E-state index contributed by atoms with van der Waals surface area (Å²) in [6, 6.07) is 18.3. The number of rotatable bonds is 12. The van der Waals surface area contributed by atoms with Gasteiger partial charge in [0.05, 0.1) is 27.9 Å². The van der Waals surface area contributed by atoms with Crippen molar-refractivity contribution in [3.05, 3.63) is 77.2 Å². The van der Waals surface area contributed by atoms with Gasteiger partial charge in [-0.15, -0.1) is 0 Å². The molecule has 1 aliphatic rings. The first-order chi connectivity index (χ1) is 18.5. The summed E-state index contributed by atoms with van der Waals surface area (Å²) in [5, 5.41) is 0. The Labute approximate surface area is 226 Å². The fourth-order valence-electron chi connectivity index (χ4n) is 5.17. The minimum atomic E-state index is -0.117. The van der Waals surface area contributed by atoms with Crippen LogP contribution in [0.5, 0.6) is 17.2 Å². The maximum absolute atomic E-state index is 13.1. The third kappa shape index (κ3) is 7.10. The van der Waals surface area contributed by atoms with E-state index < -0.39 is 0 Å². The average molecular weight is 521 g/mol. The van der Waals surface area contributed by atoms with Crippen molar-refractivity contribution in [2.75, 3.05) is 34.9 Å². The molecule has 3 aromatic rings. The molecule has 0 bridgehead atoms. The highest BCUT2D eigenvalue weighted by molar-refractivity contribution is 5.91. The lowest BCUT2D eigenvalue weighted by molar-refractivity contribution is 0.0757. The van der Waals surface area contributed by atoms with Crippen molar-refractivity contribution in [1.82, 2.24) is 9.80 Å². The Morgan fingerprint density at radius 2 is 1.66 bits per heavy atom. The van der Waals surface area contributed by atoms with E-state index in [1.165, 1.54) is 37.7 Å². The number of carbonyl (C=O) groups is 1. The summed E-state index contributed by atoms with van der Waals surface area (Å²) < 4.78 is 22.2. The van der Waals surface area contributed by atoms with E-state index in [0.717, 1.165) is 23.6 Å². The van der Waals surface area contributed by atoms with Gasteiger partial charge in [0, 0.05) is 26.2 Å². The fourth-order valence-corrected chi connectivity index (χ4v) is 5.17. The molecule has 0 radical (unpaired) electrons. The number of benzene rings is 2. The van der Waals surface area contributed by atoms with Crippen LogP contribution in [-0.4, -0.2) is 56.7 Å². The Hall–Kier alpha value is -3.45. The predicted octanol–water partition coefficient (Wildman–Crippen LogP) is 5.96. The van der Waals surface area contributed by atoms with Gasteiger partial charge in [-0.2, -0.15) is 0 Å². The number of likely N-dealkylation sites (N-methyl/N-ethyl adjacent to an activating group) is 1. The number of methoxy groups -OCH3 is 3. The highest BCUT2D eigenvalue weighted by Crippen LogP contribution is 2.29. The number of amides is 1. The minimum Gasteiger partial charge on any atom is -0.497 e. The van der Waals surface area contributed by atoms with Gasteiger partial charge in [0.2, 0.25) is 0 Å². The molecule has 1 amide bonds. The second-order valence-electron chi connectivity index (χ2n) is 9.98. The van der Waals surface area contributed by atoms with Gasteiger partial charge >= 0.3 is 0 Å². The topological polar surface area (TPSA) is 64.4 Å². The summed E-state index contributed by atoms with van der Waals surface area (Å²) >= 11 is 0. The minimum absolute atomic E-state index is 0.117. The van der Waals surface area contributed by atoms with Crippen LogP contribution in [0, 0.1) is 0 Å². The van der Waals surface area contributed by atoms with E-state index in [1.807, 2.05) is 43.4 Å². The summed E-state index contributed by atoms with van der Waals surface area (Å²) in [6.07, 6.45) is 6.90. The van der Waals surface area contributed by atoms with Crippen LogP contribution in [0.1, 0.15) is 59.5 Å². The van der Waals surface area contributed by atoms with E-state index in [4.69, 9.17) is 18.6 Å². The molecule has 0 unspecified atom stereocenters. The molecule has 2 aromatic carbocycles. The van der Waals surface area contributed by atoms with E-state index in [1.54, 1.807) is 32.3 Å². The van der Waals surface area contributed by atoms with E-state index in [9.17, 15) is 4.79 Å². The third-order valence-electron chi connectivity index (χ3n) is 7.37. The van der Waals surface area contributed by atoms with Crippen molar-refractivity contribution in [2.45, 2.75) is 57.7 Å². The lowest BCUT2D eigenvalue weighted by Gasteiger charge is -2.34. The maximum Gasteiger partial charge on any atom is 0.289 e. The van der Waals surface area contributed by atoms with Crippen molar-refractivity contribution in [3.8, 4) is 17.2 Å². The molecule has 1 heterocycles. The smallest absolute Gasteiger partial charge is 0.289 e. The second kappa shape index (κ2) is 13.4. The van der Waals surface area contributed by atoms with Crippen LogP contribution in [0.15, 0.2) is 59.0 Å². The zero-order valence-corrected chi connectivity index (χ0v) is 23.1. The SMILES string of the molecule is COc1cccc(CN(Cc2ccc(C(=O)N(C)CCc3ccc(OC)c(OC)c3)o2)C2CCCCC2)c1. The molecule has 1 aliphatic carbocycles. The summed E-state index contributed by atoms with van der Waals surface area (Å²) in [7, 11) is 6.75. The van der Waals surface area contributed by atoms with Crippen LogP contribution in [-0.2, 0) is 19.5 Å². The summed E-state index contributed by atoms with van der Waals surface area (Å²) in [6.45, 7) is 2.05. The Balaban J connectivity index is 1.39. The second-order valence-corrected chi connectivity index (χ2v) is 9.98. The third-order valence-corrected chi connectivity index (χ3v) is 7.37.